The number of carbonyl (C=O) groups is 1. The number of hydrogen-bond donors (Lipinski definition) is 1. The highest BCUT2D eigenvalue weighted by molar-refractivity contribution is 6.41. The predicted molar refractivity (Wildman–Crippen MR) is 140 cm³/mol. The standard InChI is InChI=1S/C27H32Cl3NO2/c1-7-31-22-10-9-19(28)15-20(22)27(5,6)23(31)11-8-16-12-18(26(2,3)4)13-17(24(16)30)14-21(29)25(32)33/h8-11,14-15,18H,7,12-13H2,1-6H3,(H,32,33)/b16-8+,21-14-,23-11+. The molecule has 2 aliphatic rings. The second-order valence-electron chi connectivity index (χ2n) is 10.4. The number of halogens is 3. The van der Waals surface area contributed by atoms with Crippen LogP contribution in [0.2, 0.25) is 5.02 Å². The molecule has 33 heavy (non-hydrogen) atoms. The van der Waals surface area contributed by atoms with Crippen molar-refractivity contribution in [3.63, 3.8) is 0 Å². The van der Waals surface area contributed by atoms with Crippen LogP contribution in [0.1, 0.15) is 59.9 Å². The number of allylic oxidation sites excluding steroid dienone is 7. The summed E-state index contributed by atoms with van der Waals surface area (Å²) < 4.78 is 0. The number of benzene rings is 1. The second-order valence-corrected chi connectivity index (χ2v) is 11.6. The Morgan fingerprint density at radius 1 is 1.21 bits per heavy atom. The topological polar surface area (TPSA) is 40.5 Å². The van der Waals surface area contributed by atoms with Crippen molar-refractivity contribution < 1.29 is 9.90 Å². The number of fused-ring (bicyclic) bond motifs is 1. The Morgan fingerprint density at radius 2 is 1.88 bits per heavy atom. The van der Waals surface area contributed by atoms with Gasteiger partial charge in [0.15, 0.2) is 0 Å². The molecule has 0 amide bonds. The van der Waals surface area contributed by atoms with E-state index in [4.69, 9.17) is 34.8 Å². The van der Waals surface area contributed by atoms with E-state index in [0.717, 1.165) is 29.1 Å². The van der Waals surface area contributed by atoms with Crippen LogP contribution >= 0.6 is 34.8 Å². The van der Waals surface area contributed by atoms with E-state index in [1.807, 2.05) is 12.1 Å². The summed E-state index contributed by atoms with van der Waals surface area (Å²) in [5.41, 5.74) is 5.15. The molecule has 1 aliphatic carbocycles. The fraction of sp³-hybridized carbons (Fsp3) is 0.444. The first-order chi connectivity index (χ1) is 15.3. The third kappa shape index (κ3) is 5.21. The van der Waals surface area contributed by atoms with Crippen molar-refractivity contribution >= 4 is 46.5 Å². The Morgan fingerprint density at radius 3 is 2.45 bits per heavy atom. The van der Waals surface area contributed by atoms with Crippen LogP contribution in [0.4, 0.5) is 5.69 Å². The Labute approximate surface area is 212 Å². The lowest BCUT2D eigenvalue weighted by Crippen LogP contribution is -2.26. The van der Waals surface area contributed by atoms with Gasteiger partial charge in [-0.15, -0.1) is 0 Å². The summed E-state index contributed by atoms with van der Waals surface area (Å²) in [5, 5.41) is 10.3. The summed E-state index contributed by atoms with van der Waals surface area (Å²) in [6.45, 7) is 14.0. The zero-order chi connectivity index (χ0) is 24.7. The molecule has 0 saturated carbocycles. The van der Waals surface area contributed by atoms with Gasteiger partial charge in [-0.25, -0.2) is 4.79 Å². The second kappa shape index (κ2) is 9.52. The highest BCUT2D eigenvalue weighted by Gasteiger charge is 2.39. The molecule has 3 nitrogen and oxygen atoms in total. The fourth-order valence-corrected chi connectivity index (χ4v) is 5.32. The summed E-state index contributed by atoms with van der Waals surface area (Å²) in [6.07, 6.45) is 7.26. The monoisotopic (exact) mass is 507 g/mol. The van der Waals surface area contributed by atoms with Gasteiger partial charge < -0.3 is 10.0 Å². The van der Waals surface area contributed by atoms with Crippen LogP contribution in [-0.2, 0) is 10.2 Å². The minimum atomic E-state index is -1.15. The first kappa shape index (κ1) is 25.9. The maximum atomic E-state index is 11.3. The maximum absolute atomic E-state index is 11.3. The lowest BCUT2D eigenvalue weighted by molar-refractivity contribution is -0.131. The van der Waals surface area contributed by atoms with Gasteiger partial charge in [0.2, 0.25) is 0 Å². The molecule has 1 aliphatic heterocycles. The zero-order valence-electron chi connectivity index (χ0n) is 20.1. The number of nitrogens with zero attached hydrogens (tertiary/aromatic N) is 1. The molecule has 3 rings (SSSR count). The van der Waals surface area contributed by atoms with Gasteiger partial charge in [-0.05, 0) is 78.2 Å². The lowest BCUT2D eigenvalue weighted by atomic mass is 9.71. The van der Waals surface area contributed by atoms with Gasteiger partial charge in [0, 0.05) is 33.4 Å². The van der Waals surface area contributed by atoms with Crippen LogP contribution in [0.3, 0.4) is 0 Å². The lowest BCUT2D eigenvalue weighted by Gasteiger charge is -2.35. The van der Waals surface area contributed by atoms with E-state index in [0.29, 0.717) is 17.4 Å². The van der Waals surface area contributed by atoms with E-state index in [2.05, 4.69) is 64.7 Å². The van der Waals surface area contributed by atoms with E-state index in [9.17, 15) is 9.90 Å². The quantitative estimate of drug-likeness (QED) is 0.415. The fourth-order valence-electron chi connectivity index (χ4n) is 4.75. The molecule has 1 unspecified atom stereocenters. The molecular weight excluding hydrogens is 477 g/mol. The maximum Gasteiger partial charge on any atom is 0.347 e. The van der Waals surface area contributed by atoms with Gasteiger partial charge in [-0.2, -0.15) is 0 Å². The van der Waals surface area contributed by atoms with Crippen molar-refractivity contribution in [2.45, 2.75) is 59.8 Å². The molecule has 0 bridgehead atoms. The summed E-state index contributed by atoms with van der Waals surface area (Å²) in [5.74, 6) is -0.842. The van der Waals surface area contributed by atoms with Crippen LogP contribution in [-0.4, -0.2) is 17.6 Å². The Bertz CT molecular complexity index is 1090. The molecule has 0 radical (unpaired) electrons. The average Bonchev–Trinajstić information content (AvgIpc) is 2.93. The van der Waals surface area contributed by atoms with Crippen LogP contribution < -0.4 is 4.90 Å². The molecule has 1 N–H and O–H groups in total. The van der Waals surface area contributed by atoms with Crippen molar-refractivity contribution in [1.82, 2.24) is 0 Å². The molecule has 1 heterocycles. The van der Waals surface area contributed by atoms with Crippen molar-refractivity contribution in [2.24, 2.45) is 11.3 Å². The van der Waals surface area contributed by atoms with Crippen LogP contribution in [0.15, 0.2) is 63.3 Å². The molecule has 0 saturated heterocycles. The highest BCUT2D eigenvalue weighted by Crippen LogP contribution is 2.49. The number of carboxylic acids is 1. The van der Waals surface area contributed by atoms with Gasteiger partial charge in [0.05, 0.1) is 0 Å². The summed E-state index contributed by atoms with van der Waals surface area (Å²) >= 11 is 19.1. The first-order valence-corrected chi connectivity index (χ1v) is 12.4. The van der Waals surface area contributed by atoms with Gasteiger partial charge >= 0.3 is 5.97 Å². The number of likely N-dealkylation sites (N-methyl/N-ethyl adjacent to an activating group) is 1. The van der Waals surface area contributed by atoms with E-state index in [-0.39, 0.29) is 15.9 Å². The van der Waals surface area contributed by atoms with Gasteiger partial charge in [0.1, 0.15) is 5.03 Å². The van der Waals surface area contributed by atoms with Crippen molar-refractivity contribution in [2.75, 3.05) is 11.4 Å². The van der Waals surface area contributed by atoms with E-state index in [1.165, 1.54) is 23.0 Å². The normalized spacial score (nSPS) is 23.5. The van der Waals surface area contributed by atoms with E-state index >= 15 is 0 Å². The van der Waals surface area contributed by atoms with Crippen LogP contribution in [0, 0.1) is 11.3 Å². The molecule has 0 aromatic heterocycles. The zero-order valence-corrected chi connectivity index (χ0v) is 22.4. The third-order valence-corrected chi connectivity index (χ3v) is 7.83. The minimum absolute atomic E-state index is 0.0354. The van der Waals surface area contributed by atoms with Crippen LogP contribution in [0.5, 0.6) is 0 Å². The van der Waals surface area contributed by atoms with Gasteiger partial charge in [0.25, 0.3) is 0 Å². The van der Waals surface area contributed by atoms with E-state index < -0.39 is 5.97 Å². The Hall–Kier alpha value is -1.68. The number of rotatable bonds is 4. The SMILES string of the molecule is CCN1/C(=C/C=C2\CC(C(C)(C)C)CC(/C=C(\Cl)C(=O)O)=C2Cl)C(C)(C)c2cc(Cl)ccc21. The smallest absolute Gasteiger partial charge is 0.347 e. The summed E-state index contributed by atoms with van der Waals surface area (Å²) in [4.78, 5) is 13.6. The van der Waals surface area contributed by atoms with Crippen molar-refractivity contribution in [3.05, 3.63) is 73.9 Å². The molecule has 1 atom stereocenters. The number of carboxylic acid groups (broad SMARTS) is 1. The Balaban J connectivity index is 2.11. The first-order valence-electron chi connectivity index (χ1n) is 11.3. The third-order valence-electron chi connectivity index (χ3n) is 6.84. The molecule has 1 aromatic rings. The summed E-state index contributed by atoms with van der Waals surface area (Å²) in [7, 11) is 0. The van der Waals surface area contributed by atoms with Crippen molar-refractivity contribution in [3.8, 4) is 0 Å². The van der Waals surface area contributed by atoms with Crippen molar-refractivity contribution in [1.29, 1.82) is 0 Å². The van der Waals surface area contributed by atoms with E-state index in [1.54, 1.807) is 0 Å². The molecule has 6 heteroatoms. The molecular formula is C27H32Cl3NO2. The molecule has 1 aromatic carbocycles. The van der Waals surface area contributed by atoms with Gasteiger partial charge in [-0.3, -0.25) is 0 Å². The van der Waals surface area contributed by atoms with Gasteiger partial charge in [-0.1, -0.05) is 75.5 Å². The average molecular weight is 509 g/mol. The number of anilines is 1. The molecule has 178 valence electrons. The predicted octanol–water partition coefficient (Wildman–Crippen LogP) is 8.42. The van der Waals surface area contributed by atoms with Crippen LogP contribution in [0.25, 0.3) is 0 Å². The number of hydrogen-bond acceptors (Lipinski definition) is 2. The largest absolute Gasteiger partial charge is 0.477 e. The minimum Gasteiger partial charge on any atom is -0.477 e. The molecule has 0 fully saturated rings. The molecule has 0 spiro atoms. The number of aliphatic carboxylic acids is 1. The summed E-state index contributed by atoms with van der Waals surface area (Å²) in [6, 6.07) is 6.06. The highest BCUT2D eigenvalue weighted by atomic mass is 35.5. The Kier molecular flexibility index (Phi) is 7.48.